The smallest absolute Gasteiger partial charge is 0.248 e. The summed E-state index contributed by atoms with van der Waals surface area (Å²) in [5, 5.41) is 19.7. The van der Waals surface area contributed by atoms with E-state index >= 15 is 0 Å². The molecule has 0 bridgehead atoms. The molecule has 1 amide bonds. The molecule has 2 aliphatic rings. The Morgan fingerprint density at radius 1 is 1.47 bits per heavy atom. The van der Waals surface area contributed by atoms with E-state index in [-0.39, 0.29) is 11.3 Å². The Labute approximate surface area is 105 Å². The van der Waals surface area contributed by atoms with E-state index in [4.69, 9.17) is 17.3 Å². The van der Waals surface area contributed by atoms with Crippen LogP contribution in [0.3, 0.4) is 0 Å². The second kappa shape index (κ2) is 3.89. The van der Waals surface area contributed by atoms with Crippen molar-refractivity contribution in [3.8, 4) is 0 Å². The monoisotopic (exact) mass is 259 g/mol. The Kier molecular flexibility index (Phi) is 2.91. The molecule has 0 saturated heterocycles. The van der Waals surface area contributed by atoms with E-state index in [1.165, 1.54) is 0 Å². The first kappa shape index (κ1) is 12.7. The van der Waals surface area contributed by atoms with Gasteiger partial charge >= 0.3 is 0 Å². The van der Waals surface area contributed by atoms with Crippen molar-refractivity contribution in [3.05, 3.63) is 11.3 Å². The fraction of sp³-hybridized carbons (Fsp3) is 0.750. The van der Waals surface area contributed by atoms with Crippen LogP contribution in [0.4, 0.5) is 0 Å². The van der Waals surface area contributed by atoms with Crippen LogP contribution in [0.15, 0.2) is 11.3 Å². The van der Waals surface area contributed by atoms with Gasteiger partial charge in [-0.15, -0.1) is 11.6 Å². The number of carbonyl (C=O) groups excluding carboxylic acids is 1. The fourth-order valence-corrected chi connectivity index (χ4v) is 3.68. The van der Waals surface area contributed by atoms with Gasteiger partial charge in [0.1, 0.15) is 11.1 Å². The van der Waals surface area contributed by atoms with Gasteiger partial charge in [-0.2, -0.15) is 0 Å². The molecule has 3 atom stereocenters. The van der Waals surface area contributed by atoms with E-state index in [1.807, 2.05) is 6.92 Å². The maximum Gasteiger partial charge on any atom is 0.248 e. The zero-order valence-electron chi connectivity index (χ0n) is 9.87. The minimum atomic E-state index is -1.14. The number of aliphatic hydroxyl groups is 2. The summed E-state index contributed by atoms with van der Waals surface area (Å²) in [6, 6.07) is 0. The normalized spacial score (nSPS) is 42.2. The number of aliphatic hydroxyl groups excluding tert-OH is 1. The summed E-state index contributed by atoms with van der Waals surface area (Å²) in [6.07, 6.45) is 3.52. The molecule has 4 nitrogen and oxygen atoms in total. The molecule has 4 N–H and O–H groups in total. The number of primary amides is 1. The van der Waals surface area contributed by atoms with Gasteiger partial charge in [-0.1, -0.05) is 19.8 Å². The average Bonchev–Trinajstić information content (AvgIpc) is 2.27. The third-order valence-electron chi connectivity index (χ3n) is 4.41. The largest absolute Gasteiger partial charge is 0.510 e. The fourth-order valence-electron chi connectivity index (χ4n) is 3.18. The van der Waals surface area contributed by atoms with Gasteiger partial charge in [0.25, 0.3) is 0 Å². The summed E-state index contributed by atoms with van der Waals surface area (Å²) in [5.41, 5.74) is 3.79. The van der Waals surface area contributed by atoms with E-state index in [9.17, 15) is 15.0 Å². The van der Waals surface area contributed by atoms with E-state index in [1.54, 1.807) is 0 Å². The number of fused-ring (bicyclic) bond motifs is 1. The molecule has 96 valence electrons. The summed E-state index contributed by atoms with van der Waals surface area (Å²) in [7, 11) is 0. The highest BCUT2D eigenvalue weighted by molar-refractivity contribution is 6.23. The molecule has 0 spiro atoms. The molecule has 0 aromatic heterocycles. The molecule has 1 fully saturated rings. The molecule has 1 unspecified atom stereocenters. The lowest BCUT2D eigenvalue weighted by Crippen LogP contribution is -2.58. The topological polar surface area (TPSA) is 83.6 Å². The predicted molar refractivity (Wildman–Crippen MR) is 64.6 cm³/mol. The Bertz CT molecular complexity index is 395. The van der Waals surface area contributed by atoms with Crippen molar-refractivity contribution < 1.29 is 15.0 Å². The zero-order chi connectivity index (χ0) is 12.8. The molecule has 2 aliphatic carbocycles. The molecule has 17 heavy (non-hydrogen) atoms. The van der Waals surface area contributed by atoms with Gasteiger partial charge in [0.15, 0.2) is 0 Å². The molecule has 0 aromatic rings. The molecular formula is C12H18ClNO3. The number of carbonyl (C=O) groups is 1. The van der Waals surface area contributed by atoms with Crippen LogP contribution in [-0.2, 0) is 4.79 Å². The van der Waals surface area contributed by atoms with Crippen molar-refractivity contribution in [1.29, 1.82) is 0 Å². The second-order valence-electron chi connectivity index (χ2n) is 5.46. The minimum Gasteiger partial charge on any atom is -0.510 e. The van der Waals surface area contributed by atoms with Crippen LogP contribution in [0.2, 0.25) is 0 Å². The maximum atomic E-state index is 11.3. The highest BCUT2D eigenvalue weighted by Crippen LogP contribution is 2.55. The van der Waals surface area contributed by atoms with E-state index in [0.29, 0.717) is 12.8 Å². The number of hydrogen-bond acceptors (Lipinski definition) is 3. The average molecular weight is 260 g/mol. The van der Waals surface area contributed by atoms with Gasteiger partial charge in [-0.3, -0.25) is 4.79 Å². The van der Waals surface area contributed by atoms with E-state index in [2.05, 4.69) is 0 Å². The van der Waals surface area contributed by atoms with Gasteiger partial charge in [0.2, 0.25) is 5.91 Å². The van der Waals surface area contributed by atoms with Crippen molar-refractivity contribution in [2.45, 2.75) is 50.0 Å². The Balaban J connectivity index is 2.49. The molecule has 0 radical (unpaired) electrons. The Morgan fingerprint density at radius 2 is 2.06 bits per heavy atom. The lowest BCUT2D eigenvalue weighted by Gasteiger charge is -2.53. The molecule has 0 aromatic carbocycles. The number of alkyl halides is 1. The zero-order valence-corrected chi connectivity index (χ0v) is 10.6. The lowest BCUT2D eigenvalue weighted by atomic mass is 9.57. The van der Waals surface area contributed by atoms with Gasteiger partial charge in [0, 0.05) is 5.41 Å². The third-order valence-corrected chi connectivity index (χ3v) is 4.98. The third kappa shape index (κ3) is 1.66. The SMILES string of the molecule is C[C@]12CCCCC1(O)[C@H](Cl)C(O)=C(C(N)=O)C2. The summed E-state index contributed by atoms with van der Waals surface area (Å²) in [4.78, 5) is 11.3. The highest BCUT2D eigenvalue weighted by Gasteiger charge is 2.57. The van der Waals surface area contributed by atoms with Crippen LogP contribution < -0.4 is 5.73 Å². The van der Waals surface area contributed by atoms with Crippen LogP contribution in [0.1, 0.15) is 39.0 Å². The Hall–Kier alpha value is -0.740. The van der Waals surface area contributed by atoms with E-state index in [0.717, 1.165) is 19.3 Å². The number of hydrogen-bond donors (Lipinski definition) is 3. The quantitative estimate of drug-likeness (QED) is 0.626. The first-order valence-electron chi connectivity index (χ1n) is 5.90. The molecular weight excluding hydrogens is 242 g/mol. The van der Waals surface area contributed by atoms with Crippen LogP contribution in [0.25, 0.3) is 0 Å². The van der Waals surface area contributed by atoms with Gasteiger partial charge in [-0.25, -0.2) is 0 Å². The number of amides is 1. The molecule has 0 aliphatic heterocycles. The predicted octanol–water partition coefficient (Wildman–Crippen LogP) is 1.61. The number of halogens is 1. The number of rotatable bonds is 1. The number of nitrogens with two attached hydrogens (primary N) is 1. The lowest BCUT2D eigenvalue weighted by molar-refractivity contribution is -0.125. The first-order valence-corrected chi connectivity index (χ1v) is 6.34. The van der Waals surface area contributed by atoms with Crippen LogP contribution in [0, 0.1) is 5.41 Å². The second-order valence-corrected chi connectivity index (χ2v) is 5.90. The van der Waals surface area contributed by atoms with Gasteiger partial charge in [-0.05, 0) is 19.3 Å². The molecule has 5 heteroatoms. The van der Waals surface area contributed by atoms with Crippen molar-refractivity contribution in [3.63, 3.8) is 0 Å². The Morgan fingerprint density at radius 3 is 2.65 bits per heavy atom. The van der Waals surface area contributed by atoms with Gasteiger partial charge < -0.3 is 15.9 Å². The van der Waals surface area contributed by atoms with Gasteiger partial charge in [0.05, 0.1) is 11.2 Å². The van der Waals surface area contributed by atoms with Crippen molar-refractivity contribution in [1.82, 2.24) is 0 Å². The molecule has 0 heterocycles. The standard InChI is InChI=1S/C12H18ClNO3/c1-11-4-2-3-5-12(11,17)9(13)8(15)7(6-11)10(14)16/h9,15,17H,2-6H2,1H3,(H2,14,16)/t9-,11-,12?/m1/s1. The summed E-state index contributed by atoms with van der Waals surface area (Å²) in [6.45, 7) is 1.91. The van der Waals surface area contributed by atoms with E-state index < -0.39 is 22.3 Å². The minimum absolute atomic E-state index is 0.166. The first-order chi connectivity index (χ1) is 7.82. The summed E-state index contributed by atoms with van der Waals surface area (Å²) in [5.74, 6) is -0.900. The van der Waals surface area contributed by atoms with Crippen molar-refractivity contribution in [2.75, 3.05) is 0 Å². The highest BCUT2D eigenvalue weighted by atomic mass is 35.5. The molecule has 2 rings (SSSR count). The van der Waals surface area contributed by atoms with Crippen molar-refractivity contribution in [2.24, 2.45) is 11.1 Å². The molecule has 1 saturated carbocycles. The van der Waals surface area contributed by atoms with Crippen LogP contribution >= 0.6 is 11.6 Å². The maximum absolute atomic E-state index is 11.3. The van der Waals surface area contributed by atoms with Crippen LogP contribution in [0.5, 0.6) is 0 Å². The summed E-state index contributed by atoms with van der Waals surface area (Å²) < 4.78 is 0. The van der Waals surface area contributed by atoms with Crippen LogP contribution in [-0.4, -0.2) is 27.1 Å². The summed E-state index contributed by atoms with van der Waals surface area (Å²) >= 11 is 6.14. The van der Waals surface area contributed by atoms with Crippen molar-refractivity contribution >= 4 is 17.5 Å².